The normalized spacial score (nSPS) is 23.2. The smallest absolute Gasteiger partial charge is 0.319 e. The van der Waals surface area contributed by atoms with Crippen molar-refractivity contribution in [1.29, 1.82) is 0 Å². The second-order valence-corrected chi connectivity index (χ2v) is 18.3. The number of ether oxygens (including phenoxy) is 1. The molecule has 5 aliphatic heterocycles. The number of halogens is 1. The maximum atomic E-state index is 17.1. The average Bonchev–Trinajstić information content (AvgIpc) is 3.91. The number of nitrogens with zero attached hydrogens (tertiary/aromatic N) is 7. The molecule has 7 heterocycles. The minimum Gasteiger partial charge on any atom is -0.508 e. The van der Waals surface area contributed by atoms with Crippen LogP contribution in [-0.2, 0) is 16.1 Å². The molecule has 3 aromatic carbocycles. The maximum absolute atomic E-state index is 17.1. The summed E-state index contributed by atoms with van der Waals surface area (Å²) in [5.74, 6) is 0.565. The summed E-state index contributed by atoms with van der Waals surface area (Å²) in [6.07, 6.45) is 11.8. The van der Waals surface area contributed by atoms with Crippen molar-refractivity contribution in [2.45, 2.75) is 63.2 Å². The van der Waals surface area contributed by atoms with E-state index >= 15 is 4.39 Å². The Labute approximate surface area is 368 Å². The molecule has 64 heavy (non-hydrogen) atoms. The number of pyridine rings is 1. The third kappa shape index (κ3) is 7.17. The number of piperazine rings is 2. The van der Waals surface area contributed by atoms with Gasteiger partial charge in [0, 0.05) is 99.0 Å². The quantitative estimate of drug-likeness (QED) is 0.136. The molecule has 1 saturated carbocycles. The maximum Gasteiger partial charge on any atom is 0.319 e. The van der Waals surface area contributed by atoms with Crippen molar-refractivity contribution in [2.24, 2.45) is 5.41 Å². The van der Waals surface area contributed by atoms with E-state index in [0.717, 1.165) is 82.0 Å². The Kier molecular flexibility index (Phi) is 9.82. The van der Waals surface area contributed by atoms with Gasteiger partial charge in [-0.3, -0.25) is 39.3 Å². The van der Waals surface area contributed by atoms with Gasteiger partial charge >= 0.3 is 6.01 Å². The van der Waals surface area contributed by atoms with E-state index in [2.05, 4.69) is 36.2 Å². The first-order valence-electron chi connectivity index (χ1n) is 22.0. The first-order valence-corrected chi connectivity index (χ1v) is 22.0. The van der Waals surface area contributed by atoms with Gasteiger partial charge in [0.15, 0.2) is 5.82 Å². The van der Waals surface area contributed by atoms with Gasteiger partial charge in [-0.2, -0.15) is 9.97 Å². The van der Waals surface area contributed by atoms with E-state index in [1.807, 2.05) is 12.1 Å². The Morgan fingerprint density at radius 3 is 2.42 bits per heavy atom. The summed E-state index contributed by atoms with van der Waals surface area (Å²) in [5, 5.41) is 18.4. The average molecular weight is 864 g/mol. The molecule has 4 saturated heterocycles. The highest BCUT2D eigenvalue weighted by molar-refractivity contribution is 6.23. The van der Waals surface area contributed by atoms with E-state index in [9.17, 15) is 24.3 Å². The Morgan fingerprint density at radius 1 is 0.906 bits per heavy atom. The van der Waals surface area contributed by atoms with Gasteiger partial charge in [0.25, 0.3) is 11.8 Å². The Balaban J connectivity index is 0.786. The van der Waals surface area contributed by atoms with E-state index in [4.69, 9.17) is 21.1 Å². The Morgan fingerprint density at radius 2 is 1.67 bits per heavy atom. The summed E-state index contributed by atoms with van der Waals surface area (Å²) in [6.45, 7) is 6.54. The zero-order valence-corrected chi connectivity index (χ0v) is 35.1. The van der Waals surface area contributed by atoms with Crippen molar-refractivity contribution in [1.82, 2.24) is 40.3 Å². The fraction of sp³-hybridized carbons (Fsp3) is 0.396. The minimum atomic E-state index is -0.998. The zero-order valence-electron chi connectivity index (χ0n) is 35.1. The van der Waals surface area contributed by atoms with Crippen LogP contribution < -0.4 is 20.3 Å². The lowest BCUT2D eigenvalue weighted by molar-refractivity contribution is -0.136. The number of benzene rings is 3. The molecule has 6 aliphatic rings. The van der Waals surface area contributed by atoms with Crippen LogP contribution in [-0.4, -0.2) is 129 Å². The molecule has 1 aliphatic carbocycles. The van der Waals surface area contributed by atoms with Crippen LogP contribution in [0.2, 0.25) is 0 Å². The van der Waals surface area contributed by atoms with E-state index in [0.29, 0.717) is 58.3 Å². The number of carbonyl (C=O) groups excluding carboxylic acids is 4. The van der Waals surface area contributed by atoms with Crippen molar-refractivity contribution in [3.05, 3.63) is 82.8 Å². The van der Waals surface area contributed by atoms with Crippen molar-refractivity contribution in [3.8, 4) is 35.4 Å². The molecule has 326 valence electrons. The predicted octanol–water partition coefficient (Wildman–Crippen LogP) is 3.99. The molecule has 15 nitrogen and oxygen atoms in total. The first kappa shape index (κ1) is 40.2. The molecule has 2 bridgehead atoms. The number of anilines is 1. The van der Waals surface area contributed by atoms with E-state index < -0.39 is 35.5 Å². The minimum absolute atomic E-state index is 0.0288. The van der Waals surface area contributed by atoms with Crippen LogP contribution in [0.25, 0.3) is 32.9 Å². The van der Waals surface area contributed by atoms with Gasteiger partial charge in [-0.15, -0.1) is 6.42 Å². The number of imide groups is 2. The van der Waals surface area contributed by atoms with Crippen LogP contribution in [0.3, 0.4) is 0 Å². The molecule has 3 unspecified atom stereocenters. The SMILES string of the molecule is C#Cc1cccc2cc(O)cc(-c3ncc4c(N5CC6CCC(C5)N6)nc(OCC5(CN6CCN(Cc7ccc8c(c7)C(=O)N(C7CCC(=O)NC7=O)C8=O)CC6)CC5)nc4c3F)c12. The lowest BCUT2D eigenvalue weighted by atomic mass is 9.96. The summed E-state index contributed by atoms with van der Waals surface area (Å²) in [6, 6.07) is 13.5. The zero-order chi connectivity index (χ0) is 43.9. The largest absolute Gasteiger partial charge is 0.508 e. The fourth-order valence-corrected chi connectivity index (χ4v) is 10.4. The third-order valence-electron chi connectivity index (χ3n) is 13.9. The van der Waals surface area contributed by atoms with Gasteiger partial charge < -0.3 is 25.0 Å². The van der Waals surface area contributed by atoms with Gasteiger partial charge in [0.1, 0.15) is 28.8 Å². The molecule has 3 N–H and O–H groups in total. The Hall–Kier alpha value is -6.54. The molecule has 16 heteroatoms. The van der Waals surface area contributed by atoms with Crippen LogP contribution >= 0.6 is 0 Å². The number of hydrogen-bond acceptors (Lipinski definition) is 13. The van der Waals surface area contributed by atoms with Gasteiger partial charge in [0.05, 0.1) is 23.1 Å². The Bertz CT molecular complexity index is 2840. The highest BCUT2D eigenvalue weighted by Gasteiger charge is 2.47. The highest BCUT2D eigenvalue weighted by atomic mass is 19.1. The molecule has 5 fully saturated rings. The van der Waals surface area contributed by atoms with Crippen molar-refractivity contribution in [3.63, 3.8) is 0 Å². The van der Waals surface area contributed by atoms with Gasteiger partial charge in [-0.1, -0.05) is 24.1 Å². The van der Waals surface area contributed by atoms with Gasteiger partial charge in [-0.25, -0.2) is 4.39 Å². The standard InChI is InChI=1S/C48H46FN9O6/c1-2-28-4-3-5-29-19-32(59)20-35(39(28)29)41-40(49)42-36(21-50-41)43(57-23-30-7-8-31(24-57)51-30)54-47(53-42)64-26-48(12-13-48)25-56-16-14-55(15-17-56)22-27-6-9-33-34(18-27)46(63)58(45(33)62)37-10-11-38(60)52-44(37)61/h1,3-6,9,18-21,30-31,37,51,59H,7-8,10-17,22-26H2,(H,52,60,61). The molecule has 0 spiro atoms. The number of amides is 4. The summed E-state index contributed by atoms with van der Waals surface area (Å²) in [5.41, 5.74) is 2.43. The first-order chi connectivity index (χ1) is 31.0. The molecule has 11 rings (SSSR count). The lowest BCUT2D eigenvalue weighted by Gasteiger charge is -2.36. The van der Waals surface area contributed by atoms with Crippen LogP contribution in [0, 0.1) is 23.6 Å². The number of terminal acetylenes is 1. The number of phenolic OH excluding ortho intramolecular Hbond substituents is 1. The lowest BCUT2D eigenvalue weighted by Crippen LogP contribution is -2.54. The topological polar surface area (TPSA) is 173 Å². The van der Waals surface area contributed by atoms with Crippen LogP contribution in [0.4, 0.5) is 10.2 Å². The summed E-state index contributed by atoms with van der Waals surface area (Å²) >= 11 is 0. The van der Waals surface area contributed by atoms with E-state index in [1.165, 1.54) is 6.07 Å². The van der Waals surface area contributed by atoms with Crippen molar-refractivity contribution < 1.29 is 33.4 Å². The summed E-state index contributed by atoms with van der Waals surface area (Å²) in [4.78, 5) is 73.0. The number of rotatable bonds is 10. The van der Waals surface area contributed by atoms with Crippen LogP contribution in [0.5, 0.6) is 11.8 Å². The van der Waals surface area contributed by atoms with Gasteiger partial charge in [-0.05, 0) is 73.4 Å². The number of carbonyl (C=O) groups is 4. The summed E-state index contributed by atoms with van der Waals surface area (Å²) < 4.78 is 23.5. The molecule has 4 amide bonds. The second kappa shape index (κ2) is 15.6. The highest BCUT2D eigenvalue weighted by Crippen LogP contribution is 2.47. The third-order valence-corrected chi connectivity index (χ3v) is 13.9. The summed E-state index contributed by atoms with van der Waals surface area (Å²) in [7, 11) is 0. The number of hydrogen-bond donors (Lipinski definition) is 3. The fourth-order valence-electron chi connectivity index (χ4n) is 10.4. The molecule has 3 atom stereocenters. The van der Waals surface area contributed by atoms with Crippen molar-refractivity contribution >= 4 is 51.1 Å². The molecular formula is C48H46FN9O6. The number of piperidine rings is 1. The van der Waals surface area contributed by atoms with Gasteiger partial charge in [0.2, 0.25) is 11.8 Å². The van der Waals surface area contributed by atoms with Crippen LogP contribution in [0.1, 0.15) is 70.4 Å². The molecule has 5 aromatic rings. The number of aromatic hydroxyl groups is 1. The van der Waals surface area contributed by atoms with E-state index in [-0.39, 0.29) is 52.4 Å². The van der Waals surface area contributed by atoms with Crippen molar-refractivity contribution in [2.75, 3.05) is 57.3 Å². The van der Waals surface area contributed by atoms with Crippen LogP contribution in [0.15, 0.2) is 54.7 Å². The number of aromatic nitrogens is 3. The number of fused-ring (bicyclic) bond motifs is 5. The molecule has 0 radical (unpaired) electrons. The monoisotopic (exact) mass is 863 g/mol. The van der Waals surface area contributed by atoms with E-state index in [1.54, 1.807) is 36.5 Å². The number of phenols is 1. The molecular weight excluding hydrogens is 818 g/mol. The number of nitrogens with one attached hydrogen (secondary N) is 2. The molecule has 2 aromatic heterocycles. The second-order valence-electron chi connectivity index (χ2n) is 18.3. The predicted molar refractivity (Wildman–Crippen MR) is 234 cm³/mol.